The third-order valence-corrected chi connectivity index (χ3v) is 3.95. The van der Waals surface area contributed by atoms with Crippen LogP contribution in [0, 0.1) is 4.91 Å². The molecule has 0 spiro atoms. The first-order valence-electron chi connectivity index (χ1n) is 7.68. The number of nitroso groups, excluding NO2 is 1. The van der Waals surface area contributed by atoms with Crippen molar-refractivity contribution in [2.24, 2.45) is 5.29 Å². The second kappa shape index (κ2) is 7.00. The zero-order valence-corrected chi connectivity index (χ0v) is 12.8. The Kier molecular flexibility index (Phi) is 4.61. The molecule has 2 aromatic rings. The standard InChI is InChI=1S/C17H18N4O2/c22-17(21(19-23)13-14-6-2-1-3-7-14)16-9-8-15(12-18-16)20-10-4-5-11-20/h1-3,6-9,12H,4-5,10-11,13H2. The maximum Gasteiger partial charge on any atom is 0.295 e. The summed E-state index contributed by atoms with van der Waals surface area (Å²) < 4.78 is 0. The molecule has 1 aromatic heterocycles. The predicted molar refractivity (Wildman–Crippen MR) is 87.8 cm³/mol. The normalized spacial score (nSPS) is 13.8. The van der Waals surface area contributed by atoms with E-state index in [9.17, 15) is 9.70 Å². The Morgan fingerprint density at radius 3 is 2.48 bits per heavy atom. The van der Waals surface area contributed by atoms with E-state index < -0.39 is 5.91 Å². The molecule has 0 N–H and O–H groups in total. The van der Waals surface area contributed by atoms with Crippen LogP contribution in [-0.4, -0.2) is 29.0 Å². The minimum absolute atomic E-state index is 0.138. The third kappa shape index (κ3) is 3.53. The zero-order valence-electron chi connectivity index (χ0n) is 12.8. The molecule has 0 atom stereocenters. The van der Waals surface area contributed by atoms with Crippen molar-refractivity contribution in [3.63, 3.8) is 0 Å². The Hall–Kier alpha value is -2.76. The highest BCUT2D eigenvalue weighted by atomic mass is 16.3. The van der Waals surface area contributed by atoms with E-state index in [2.05, 4.69) is 15.2 Å². The van der Waals surface area contributed by atoms with Crippen molar-refractivity contribution in [3.8, 4) is 0 Å². The number of hydrogen-bond donors (Lipinski definition) is 0. The molecule has 3 rings (SSSR count). The quantitative estimate of drug-likeness (QED) is 0.629. The monoisotopic (exact) mass is 310 g/mol. The van der Waals surface area contributed by atoms with E-state index in [0.717, 1.165) is 29.3 Å². The number of aromatic nitrogens is 1. The molecule has 1 aliphatic heterocycles. The van der Waals surface area contributed by atoms with Crippen molar-refractivity contribution in [2.45, 2.75) is 19.4 Å². The Balaban J connectivity index is 1.71. The number of pyridine rings is 1. The van der Waals surface area contributed by atoms with Gasteiger partial charge in [-0.3, -0.25) is 4.79 Å². The highest BCUT2D eigenvalue weighted by Crippen LogP contribution is 2.19. The van der Waals surface area contributed by atoms with E-state index in [1.807, 2.05) is 36.4 Å². The first-order chi connectivity index (χ1) is 11.3. The molecule has 6 nitrogen and oxygen atoms in total. The summed E-state index contributed by atoms with van der Waals surface area (Å²) in [5.74, 6) is -0.489. The molecule has 1 aliphatic rings. The van der Waals surface area contributed by atoms with Crippen molar-refractivity contribution >= 4 is 11.6 Å². The minimum atomic E-state index is -0.489. The van der Waals surface area contributed by atoms with Gasteiger partial charge < -0.3 is 4.90 Å². The number of rotatable bonds is 5. The molecule has 0 unspecified atom stereocenters. The van der Waals surface area contributed by atoms with Crippen LogP contribution in [0.5, 0.6) is 0 Å². The molecule has 1 saturated heterocycles. The summed E-state index contributed by atoms with van der Waals surface area (Å²) in [5, 5.41) is 3.74. The molecule has 0 bridgehead atoms. The fourth-order valence-corrected chi connectivity index (χ4v) is 2.70. The molecule has 0 saturated carbocycles. The van der Waals surface area contributed by atoms with Gasteiger partial charge in [-0.05, 0) is 30.5 Å². The van der Waals surface area contributed by atoms with Crippen LogP contribution in [0.25, 0.3) is 0 Å². The summed E-state index contributed by atoms with van der Waals surface area (Å²) in [4.78, 5) is 29.8. The van der Waals surface area contributed by atoms with Gasteiger partial charge in [-0.1, -0.05) is 30.3 Å². The lowest BCUT2D eigenvalue weighted by molar-refractivity contribution is 0.0739. The molecule has 0 radical (unpaired) electrons. The van der Waals surface area contributed by atoms with Gasteiger partial charge in [0, 0.05) is 13.1 Å². The minimum Gasteiger partial charge on any atom is -0.370 e. The van der Waals surface area contributed by atoms with Gasteiger partial charge in [0.15, 0.2) is 0 Å². The molecule has 0 aliphatic carbocycles. The molecule has 1 amide bonds. The number of anilines is 1. The predicted octanol–water partition coefficient (Wildman–Crippen LogP) is 3.01. The molecular formula is C17H18N4O2. The largest absolute Gasteiger partial charge is 0.370 e. The first-order valence-corrected chi connectivity index (χ1v) is 7.68. The lowest BCUT2D eigenvalue weighted by Crippen LogP contribution is -2.26. The van der Waals surface area contributed by atoms with Crippen LogP contribution in [0.2, 0.25) is 0 Å². The van der Waals surface area contributed by atoms with Crippen LogP contribution >= 0.6 is 0 Å². The fraction of sp³-hybridized carbons (Fsp3) is 0.294. The summed E-state index contributed by atoms with van der Waals surface area (Å²) in [7, 11) is 0. The van der Waals surface area contributed by atoms with Crippen molar-refractivity contribution in [3.05, 3.63) is 64.8 Å². The van der Waals surface area contributed by atoms with E-state index in [1.165, 1.54) is 12.8 Å². The van der Waals surface area contributed by atoms with E-state index in [1.54, 1.807) is 12.3 Å². The molecule has 23 heavy (non-hydrogen) atoms. The molecule has 6 heteroatoms. The van der Waals surface area contributed by atoms with Crippen molar-refractivity contribution in [1.82, 2.24) is 9.99 Å². The fourth-order valence-electron chi connectivity index (χ4n) is 2.70. The number of hydrogen-bond acceptors (Lipinski definition) is 5. The highest BCUT2D eigenvalue weighted by molar-refractivity contribution is 5.92. The van der Waals surface area contributed by atoms with E-state index in [-0.39, 0.29) is 12.2 Å². The van der Waals surface area contributed by atoms with Crippen LogP contribution in [0.3, 0.4) is 0 Å². The highest BCUT2D eigenvalue weighted by Gasteiger charge is 2.19. The molecule has 1 aromatic carbocycles. The van der Waals surface area contributed by atoms with E-state index in [4.69, 9.17) is 0 Å². The smallest absolute Gasteiger partial charge is 0.295 e. The molecule has 118 valence electrons. The van der Waals surface area contributed by atoms with Gasteiger partial charge in [0.05, 0.1) is 23.7 Å². The van der Waals surface area contributed by atoms with Crippen LogP contribution < -0.4 is 4.90 Å². The second-order valence-corrected chi connectivity index (χ2v) is 5.53. The summed E-state index contributed by atoms with van der Waals surface area (Å²) in [5.41, 5.74) is 2.07. The lowest BCUT2D eigenvalue weighted by Gasteiger charge is -2.17. The van der Waals surface area contributed by atoms with E-state index >= 15 is 0 Å². The molecule has 1 fully saturated rings. The van der Waals surface area contributed by atoms with Gasteiger partial charge in [0.1, 0.15) is 5.69 Å². The number of carbonyl (C=O) groups is 1. The maximum absolute atomic E-state index is 12.4. The van der Waals surface area contributed by atoms with Crippen molar-refractivity contribution in [2.75, 3.05) is 18.0 Å². The van der Waals surface area contributed by atoms with Gasteiger partial charge in [0.2, 0.25) is 0 Å². The number of carbonyl (C=O) groups excluding carboxylic acids is 1. The Morgan fingerprint density at radius 2 is 1.87 bits per heavy atom. The van der Waals surface area contributed by atoms with Crippen LogP contribution in [0.4, 0.5) is 5.69 Å². The van der Waals surface area contributed by atoms with Crippen molar-refractivity contribution in [1.29, 1.82) is 0 Å². The van der Waals surface area contributed by atoms with Crippen LogP contribution in [-0.2, 0) is 6.54 Å². The van der Waals surface area contributed by atoms with Gasteiger partial charge in [-0.25, -0.2) is 4.98 Å². The number of benzene rings is 1. The maximum atomic E-state index is 12.4. The lowest BCUT2D eigenvalue weighted by atomic mass is 10.2. The summed E-state index contributed by atoms with van der Waals surface area (Å²) in [6.45, 7) is 2.18. The van der Waals surface area contributed by atoms with Gasteiger partial charge >= 0.3 is 0 Å². The summed E-state index contributed by atoms with van der Waals surface area (Å²) >= 11 is 0. The number of nitrogens with zero attached hydrogens (tertiary/aromatic N) is 4. The van der Waals surface area contributed by atoms with Gasteiger partial charge in [-0.2, -0.15) is 5.01 Å². The summed E-state index contributed by atoms with van der Waals surface area (Å²) in [6.07, 6.45) is 4.05. The SMILES string of the molecule is O=NN(Cc1ccccc1)C(=O)c1ccc(N2CCCC2)cn1. The van der Waals surface area contributed by atoms with Crippen LogP contribution in [0.1, 0.15) is 28.9 Å². The second-order valence-electron chi connectivity index (χ2n) is 5.53. The number of amides is 1. The Bertz CT molecular complexity index is 667. The van der Waals surface area contributed by atoms with Crippen LogP contribution in [0.15, 0.2) is 53.9 Å². The Morgan fingerprint density at radius 1 is 1.13 bits per heavy atom. The van der Waals surface area contributed by atoms with Crippen molar-refractivity contribution < 1.29 is 4.79 Å². The zero-order chi connectivity index (χ0) is 16.1. The molecular weight excluding hydrogens is 292 g/mol. The average Bonchev–Trinajstić information content (AvgIpc) is 3.15. The molecule has 2 heterocycles. The Labute approximate surface area is 134 Å². The summed E-state index contributed by atoms with van der Waals surface area (Å²) in [6, 6.07) is 12.8. The first kappa shape index (κ1) is 15.1. The van der Waals surface area contributed by atoms with E-state index in [0.29, 0.717) is 0 Å². The topological polar surface area (TPSA) is 65.9 Å². The third-order valence-electron chi connectivity index (χ3n) is 3.95. The average molecular weight is 310 g/mol. The van der Waals surface area contributed by atoms with Gasteiger partial charge in [-0.15, -0.1) is 4.91 Å². The van der Waals surface area contributed by atoms with Gasteiger partial charge in [0.25, 0.3) is 5.91 Å².